The maximum Gasteiger partial charge on any atom is 0.0521 e. The minimum Gasteiger partial charge on any atom is -0.381 e. The molecule has 3 atom stereocenters. The van der Waals surface area contributed by atoms with Crippen molar-refractivity contribution in [2.24, 2.45) is 5.92 Å². The molecule has 0 radical (unpaired) electrons. The van der Waals surface area contributed by atoms with Crippen molar-refractivity contribution in [2.75, 3.05) is 52.5 Å². The van der Waals surface area contributed by atoms with E-state index in [-0.39, 0.29) is 0 Å². The Morgan fingerprint density at radius 3 is 3.00 bits per heavy atom. The zero-order valence-corrected chi connectivity index (χ0v) is 13.0. The van der Waals surface area contributed by atoms with E-state index in [2.05, 4.69) is 22.0 Å². The molecule has 3 rings (SSSR count). The highest BCUT2D eigenvalue weighted by Gasteiger charge is 2.32. The first kappa shape index (κ1) is 14.8. The Morgan fingerprint density at radius 1 is 1.15 bits per heavy atom. The Balaban J connectivity index is 1.51. The zero-order valence-electron chi connectivity index (χ0n) is 13.0. The first-order valence-electron chi connectivity index (χ1n) is 8.64. The Kier molecular flexibility index (Phi) is 5.32. The summed E-state index contributed by atoms with van der Waals surface area (Å²) in [5.41, 5.74) is 0. The van der Waals surface area contributed by atoms with Crippen LogP contribution in [0.1, 0.15) is 32.6 Å². The summed E-state index contributed by atoms with van der Waals surface area (Å²) in [6.07, 6.45) is 5.44. The number of hydrogen-bond acceptors (Lipinski definition) is 4. The van der Waals surface area contributed by atoms with Crippen molar-refractivity contribution < 1.29 is 4.74 Å². The highest BCUT2D eigenvalue weighted by molar-refractivity contribution is 4.88. The molecule has 0 bridgehead atoms. The lowest BCUT2D eigenvalue weighted by molar-refractivity contribution is -0.00578. The first-order chi connectivity index (χ1) is 9.86. The van der Waals surface area contributed by atoms with E-state index >= 15 is 0 Å². The van der Waals surface area contributed by atoms with Crippen molar-refractivity contribution in [3.8, 4) is 0 Å². The summed E-state index contributed by atoms with van der Waals surface area (Å²) in [6.45, 7) is 11.6. The average Bonchev–Trinajstić information content (AvgIpc) is 2.49. The van der Waals surface area contributed by atoms with Crippen LogP contribution in [0.15, 0.2) is 0 Å². The zero-order chi connectivity index (χ0) is 13.8. The number of piperidine rings is 1. The van der Waals surface area contributed by atoms with Crippen LogP contribution in [-0.4, -0.2) is 74.4 Å². The lowest BCUT2D eigenvalue weighted by atomic mass is 9.93. The Hall–Kier alpha value is -0.160. The van der Waals surface area contributed by atoms with E-state index in [4.69, 9.17) is 4.74 Å². The quantitative estimate of drug-likeness (QED) is 0.837. The second-order valence-corrected chi connectivity index (χ2v) is 6.73. The van der Waals surface area contributed by atoms with Crippen LogP contribution >= 0.6 is 0 Å². The Morgan fingerprint density at radius 2 is 2.10 bits per heavy atom. The third kappa shape index (κ3) is 3.53. The molecule has 4 nitrogen and oxygen atoms in total. The van der Waals surface area contributed by atoms with E-state index in [1.807, 2.05) is 0 Å². The van der Waals surface area contributed by atoms with Crippen LogP contribution in [0.25, 0.3) is 0 Å². The molecule has 0 spiro atoms. The normalized spacial score (nSPS) is 36.8. The molecule has 0 aliphatic carbocycles. The van der Waals surface area contributed by atoms with E-state index in [0.29, 0.717) is 12.0 Å². The summed E-state index contributed by atoms with van der Waals surface area (Å²) in [5, 5.41) is 3.66. The molecule has 116 valence electrons. The number of hydrogen-bond donors (Lipinski definition) is 1. The van der Waals surface area contributed by atoms with Crippen LogP contribution in [0.4, 0.5) is 0 Å². The summed E-state index contributed by atoms with van der Waals surface area (Å²) >= 11 is 0. The van der Waals surface area contributed by atoms with E-state index in [1.54, 1.807) is 0 Å². The number of piperazine rings is 1. The summed E-state index contributed by atoms with van der Waals surface area (Å²) in [7, 11) is 0. The van der Waals surface area contributed by atoms with Crippen molar-refractivity contribution in [3.63, 3.8) is 0 Å². The molecule has 3 aliphatic rings. The van der Waals surface area contributed by atoms with Gasteiger partial charge in [-0.1, -0.05) is 13.3 Å². The van der Waals surface area contributed by atoms with Crippen LogP contribution in [-0.2, 0) is 4.74 Å². The molecule has 0 aromatic heterocycles. The molecule has 3 heterocycles. The molecule has 3 aliphatic heterocycles. The predicted molar refractivity (Wildman–Crippen MR) is 82.0 cm³/mol. The van der Waals surface area contributed by atoms with Crippen LogP contribution in [0.3, 0.4) is 0 Å². The third-order valence-corrected chi connectivity index (χ3v) is 5.35. The van der Waals surface area contributed by atoms with Gasteiger partial charge in [0.1, 0.15) is 0 Å². The Bertz CT molecular complexity index is 297. The van der Waals surface area contributed by atoms with Crippen molar-refractivity contribution in [1.29, 1.82) is 0 Å². The van der Waals surface area contributed by atoms with Gasteiger partial charge >= 0.3 is 0 Å². The molecule has 3 unspecified atom stereocenters. The van der Waals surface area contributed by atoms with E-state index < -0.39 is 0 Å². The van der Waals surface area contributed by atoms with Crippen LogP contribution < -0.4 is 5.32 Å². The number of nitrogens with one attached hydrogen (secondary N) is 1. The van der Waals surface area contributed by atoms with Crippen molar-refractivity contribution in [1.82, 2.24) is 15.1 Å². The number of rotatable bonds is 4. The SMILES string of the molecule is CCNC1CCOCC1CN1CCN2CCCCC2C1. The standard InChI is InChI=1S/C16H31N3O/c1-2-17-16-6-10-20-13-14(16)11-18-8-9-19-7-4-3-5-15(19)12-18/h14-17H,2-13H2,1H3. The van der Waals surface area contributed by atoms with Gasteiger partial charge in [-0.25, -0.2) is 0 Å². The van der Waals surface area contributed by atoms with Gasteiger partial charge in [-0.15, -0.1) is 0 Å². The molecule has 3 saturated heterocycles. The van der Waals surface area contributed by atoms with Crippen LogP contribution in [0.5, 0.6) is 0 Å². The topological polar surface area (TPSA) is 27.7 Å². The molecule has 0 saturated carbocycles. The lowest BCUT2D eigenvalue weighted by Gasteiger charge is -2.46. The molecule has 0 aromatic carbocycles. The van der Waals surface area contributed by atoms with Crippen molar-refractivity contribution in [2.45, 2.75) is 44.7 Å². The predicted octanol–water partition coefficient (Wildman–Crippen LogP) is 1.17. The molecule has 4 heteroatoms. The molecule has 0 aromatic rings. The molecular formula is C16H31N3O. The largest absolute Gasteiger partial charge is 0.381 e. The second kappa shape index (κ2) is 7.21. The maximum atomic E-state index is 5.73. The lowest BCUT2D eigenvalue weighted by Crippen LogP contribution is -2.57. The smallest absolute Gasteiger partial charge is 0.0521 e. The molecule has 20 heavy (non-hydrogen) atoms. The Labute approximate surface area is 123 Å². The molecule has 0 amide bonds. The summed E-state index contributed by atoms with van der Waals surface area (Å²) < 4.78 is 5.73. The highest BCUT2D eigenvalue weighted by Crippen LogP contribution is 2.23. The number of ether oxygens (including phenoxy) is 1. The number of fused-ring (bicyclic) bond motifs is 1. The molecular weight excluding hydrogens is 250 g/mol. The van der Waals surface area contributed by atoms with Gasteiger partial charge in [-0.05, 0) is 32.4 Å². The fourth-order valence-electron chi connectivity index (χ4n) is 4.23. The van der Waals surface area contributed by atoms with E-state index in [0.717, 1.165) is 25.8 Å². The number of nitrogens with zero attached hydrogens (tertiary/aromatic N) is 2. The monoisotopic (exact) mass is 281 g/mol. The van der Waals surface area contributed by atoms with Gasteiger partial charge in [0.05, 0.1) is 6.61 Å². The van der Waals surface area contributed by atoms with Gasteiger partial charge in [-0.3, -0.25) is 4.90 Å². The van der Waals surface area contributed by atoms with Crippen molar-refractivity contribution in [3.05, 3.63) is 0 Å². The van der Waals surface area contributed by atoms with E-state index in [9.17, 15) is 0 Å². The van der Waals surface area contributed by atoms with Crippen LogP contribution in [0, 0.1) is 5.92 Å². The third-order valence-electron chi connectivity index (χ3n) is 5.35. The fraction of sp³-hybridized carbons (Fsp3) is 1.00. The minimum absolute atomic E-state index is 0.665. The van der Waals surface area contributed by atoms with Gasteiger partial charge in [0.25, 0.3) is 0 Å². The minimum atomic E-state index is 0.665. The summed E-state index contributed by atoms with van der Waals surface area (Å²) in [4.78, 5) is 5.43. The first-order valence-corrected chi connectivity index (χ1v) is 8.64. The van der Waals surface area contributed by atoms with Gasteiger partial charge < -0.3 is 15.0 Å². The van der Waals surface area contributed by atoms with Crippen LogP contribution in [0.2, 0.25) is 0 Å². The van der Waals surface area contributed by atoms with Crippen molar-refractivity contribution >= 4 is 0 Å². The average molecular weight is 281 g/mol. The van der Waals surface area contributed by atoms with Gasteiger partial charge in [0, 0.05) is 50.8 Å². The fourth-order valence-corrected chi connectivity index (χ4v) is 4.23. The van der Waals surface area contributed by atoms with E-state index in [1.165, 1.54) is 58.4 Å². The summed E-state index contributed by atoms with van der Waals surface area (Å²) in [6, 6.07) is 1.50. The maximum absolute atomic E-state index is 5.73. The molecule has 3 fully saturated rings. The van der Waals surface area contributed by atoms with Gasteiger partial charge in [-0.2, -0.15) is 0 Å². The van der Waals surface area contributed by atoms with Gasteiger partial charge in [0.2, 0.25) is 0 Å². The second-order valence-electron chi connectivity index (χ2n) is 6.73. The summed E-state index contributed by atoms with van der Waals surface area (Å²) in [5.74, 6) is 0.679. The highest BCUT2D eigenvalue weighted by atomic mass is 16.5. The van der Waals surface area contributed by atoms with Gasteiger partial charge in [0.15, 0.2) is 0 Å². The molecule has 1 N–H and O–H groups in total.